The highest BCUT2D eigenvalue weighted by Crippen LogP contribution is 2.27. The molecule has 29 heavy (non-hydrogen) atoms. The lowest BCUT2D eigenvalue weighted by atomic mass is 10.1. The van der Waals surface area contributed by atoms with E-state index >= 15 is 0 Å². The summed E-state index contributed by atoms with van der Waals surface area (Å²) in [5.74, 6) is -2.43. The normalized spacial score (nSPS) is 11.3. The number of nitrogens with one attached hydrogen (secondary N) is 1. The van der Waals surface area contributed by atoms with Crippen molar-refractivity contribution in [3.05, 3.63) is 71.8 Å². The molecule has 0 aliphatic heterocycles. The minimum Gasteiger partial charge on any atom is -0.300 e. The first-order chi connectivity index (χ1) is 13.7. The van der Waals surface area contributed by atoms with Crippen LogP contribution < -0.4 is 4.72 Å². The number of ketones is 1. The van der Waals surface area contributed by atoms with Gasteiger partial charge in [0.15, 0.2) is 4.90 Å². The predicted octanol–water partition coefficient (Wildman–Crippen LogP) is 3.66. The van der Waals surface area contributed by atoms with Gasteiger partial charge in [0.1, 0.15) is 17.4 Å². The van der Waals surface area contributed by atoms with Crippen molar-refractivity contribution in [2.24, 2.45) is 0 Å². The number of aryl methyl sites for hydroxylation is 1. The zero-order chi connectivity index (χ0) is 21.2. The van der Waals surface area contributed by atoms with Gasteiger partial charge in [-0.2, -0.15) is 0 Å². The minimum atomic E-state index is -4.52. The first-order valence-electron chi connectivity index (χ1n) is 8.55. The van der Waals surface area contributed by atoms with Crippen molar-refractivity contribution in [2.45, 2.75) is 25.2 Å². The molecule has 0 atom stereocenters. The fraction of sp³-hybridized carbons (Fsp3) is 0.150. The summed E-state index contributed by atoms with van der Waals surface area (Å²) in [7, 11) is -4.52. The molecular formula is C20H17F2N3O3S. The van der Waals surface area contributed by atoms with E-state index in [2.05, 4.69) is 14.7 Å². The summed E-state index contributed by atoms with van der Waals surface area (Å²) < 4.78 is 55.2. The summed E-state index contributed by atoms with van der Waals surface area (Å²) in [6.45, 7) is 3.02. The monoisotopic (exact) mass is 417 g/mol. The van der Waals surface area contributed by atoms with Gasteiger partial charge in [0.25, 0.3) is 10.0 Å². The van der Waals surface area contributed by atoms with E-state index in [-0.39, 0.29) is 17.9 Å². The molecule has 0 fully saturated rings. The van der Waals surface area contributed by atoms with Crippen molar-refractivity contribution in [2.75, 3.05) is 4.72 Å². The summed E-state index contributed by atoms with van der Waals surface area (Å²) in [5.41, 5.74) is 2.18. The summed E-state index contributed by atoms with van der Waals surface area (Å²) in [4.78, 5) is 18.6. The molecule has 9 heteroatoms. The zero-order valence-electron chi connectivity index (χ0n) is 15.6. The van der Waals surface area contributed by atoms with Gasteiger partial charge in [-0.3, -0.25) is 19.5 Å². The highest BCUT2D eigenvalue weighted by Gasteiger charge is 2.24. The number of Topliss-reactive ketones (excluding diaryl/α,β-unsaturated/α-hetero) is 1. The number of benzene rings is 1. The maximum absolute atomic E-state index is 13.9. The Morgan fingerprint density at radius 1 is 1.07 bits per heavy atom. The zero-order valence-corrected chi connectivity index (χ0v) is 16.4. The van der Waals surface area contributed by atoms with Gasteiger partial charge in [0, 0.05) is 30.1 Å². The van der Waals surface area contributed by atoms with Crippen LogP contribution in [0.2, 0.25) is 0 Å². The van der Waals surface area contributed by atoms with E-state index in [4.69, 9.17) is 0 Å². The van der Waals surface area contributed by atoms with Crippen LogP contribution in [-0.2, 0) is 21.2 Å². The summed E-state index contributed by atoms with van der Waals surface area (Å²) >= 11 is 0. The number of nitrogens with zero attached hydrogens (tertiary/aromatic N) is 2. The quantitative estimate of drug-likeness (QED) is 0.661. The summed E-state index contributed by atoms with van der Waals surface area (Å²) in [6, 6.07) is 7.71. The molecule has 3 aromatic rings. The average Bonchev–Trinajstić information content (AvgIpc) is 2.62. The van der Waals surface area contributed by atoms with Crippen LogP contribution in [0.25, 0.3) is 11.1 Å². The van der Waals surface area contributed by atoms with Crippen LogP contribution in [0.1, 0.15) is 18.3 Å². The van der Waals surface area contributed by atoms with Gasteiger partial charge in [0.05, 0.1) is 11.4 Å². The van der Waals surface area contributed by atoms with Crippen molar-refractivity contribution in [1.29, 1.82) is 0 Å². The van der Waals surface area contributed by atoms with Crippen LogP contribution in [0.5, 0.6) is 0 Å². The lowest BCUT2D eigenvalue weighted by Gasteiger charge is -2.13. The number of carbonyl (C=O) groups excluding carboxylic acids is 1. The van der Waals surface area contributed by atoms with E-state index in [1.54, 1.807) is 19.1 Å². The number of hydrogen-bond acceptors (Lipinski definition) is 5. The molecule has 0 spiro atoms. The van der Waals surface area contributed by atoms with Crippen LogP contribution in [0.4, 0.5) is 14.5 Å². The highest BCUT2D eigenvalue weighted by atomic mass is 32.2. The Bertz CT molecular complexity index is 1180. The number of carbonyl (C=O) groups is 1. The van der Waals surface area contributed by atoms with Gasteiger partial charge in [-0.05, 0) is 49.7 Å². The van der Waals surface area contributed by atoms with E-state index in [0.29, 0.717) is 22.5 Å². The number of halogens is 2. The molecule has 1 N–H and O–H groups in total. The Morgan fingerprint density at radius 3 is 2.41 bits per heavy atom. The van der Waals surface area contributed by atoms with Gasteiger partial charge in [-0.1, -0.05) is 6.07 Å². The number of aromatic nitrogens is 2. The molecule has 0 radical (unpaired) electrons. The fourth-order valence-corrected chi connectivity index (χ4v) is 3.99. The highest BCUT2D eigenvalue weighted by molar-refractivity contribution is 7.92. The van der Waals surface area contributed by atoms with Crippen LogP contribution in [0, 0.1) is 18.6 Å². The second-order valence-electron chi connectivity index (χ2n) is 6.43. The first-order valence-corrected chi connectivity index (χ1v) is 10.0. The van der Waals surface area contributed by atoms with E-state index < -0.39 is 26.6 Å². The molecule has 0 saturated heterocycles. The molecule has 0 saturated carbocycles. The molecule has 2 heterocycles. The van der Waals surface area contributed by atoms with Crippen LogP contribution >= 0.6 is 0 Å². The predicted molar refractivity (Wildman–Crippen MR) is 104 cm³/mol. The molecule has 1 aromatic carbocycles. The Kier molecular flexibility index (Phi) is 5.69. The van der Waals surface area contributed by atoms with Gasteiger partial charge >= 0.3 is 0 Å². The third kappa shape index (κ3) is 4.62. The van der Waals surface area contributed by atoms with Gasteiger partial charge in [-0.25, -0.2) is 17.2 Å². The maximum atomic E-state index is 13.9. The molecule has 0 amide bonds. The van der Waals surface area contributed by atoms with Crippen molar-refractivity contribution in [3.8, 4) is 11.1 Å². The number of hydrogen-bond donors (Lipinski definition) is 1. The Labute approximate surface area is 166 Å². The van der Waals surface area contributed by atoms with E-state index in [9.17, 15) is 22.0 Å². The summed E-state index contributed by atoms with van der Waals surface area (Å²) in [6.07, 6.45) is 3.23. The Hall–Kier alpha value is -3.20. The Balaban J connectivity index is 1.99. The molecule has 6 nitrogen and oxygen atoms in total. The maximum Gasteiger partial charge on any atom is 0.267 e. The molecule has 2 aromatic heterocycles. The number of sulfonamides is 1. The SMILES string of the molecule is CC(=O)Cc1cc(-c2cnc(C)c(NS(=O)(=O)c3c(F)cccc3F)c2)ccn1. The molecule has 150 valence electrons. The van der Waals surface area contributed by atoms with E-state index in [1.165, 1.54) is 25.4 Å². The Morgan fingerprint density at radius 2 is 1.76 bits per heavy atom. The second kappa shape index (κ2) is 8.04. The average molecular weight is 417 g/mol. The summed E-state index contributed by atoms with van der Waals surface area (Å²) in [5, 5.41) is 0. The largest absolute Gasteiger partial charge is 0.300 e. The van der Waals surface area contributed by atoms with Gasteiger partial charge < -0.3 is 0 Å². The van der Waals surface area contributed by atoms with Crippen LogP contribution in [0.15, 0.2) is 53.7 Å². The number of anilines is 1. The van der Waals surface area contributed by atoms with Crippen molar-refractivity contribution in [1.82, 2.24) is 9.97 Å². The van der Waals surface area contributed by atoms with Gasteiger partial charge in [0.2, 0.25) is 0 Å². The molecule has 0 bridgehead atoms. The first kappa shape index (κ1) is 20.5. The van der Waals surface area contributed by atoms with E-state index in [0.717, 1.165) is 18.2 Å². The lowest BCUT2D eigenvalue weighted by Crippen LogP contribution is -2.17. The van der Waals surface area contributed by atoms with Crippen molar-refractivity contribution < 1.29 is 22.0 Å². The molecule has 0 unspecified atom stereocenters. The molecule has 3 rings (SSSR count). The molecule has 0 aliphatic rings. The van der Waals surface area contributed by atoms with Crippen molar-refractivity contribution >= 4 is 21.5 Å². The molecule has 0 aliphatic carbocycles. The lowest BCUT2D eigenvalue weighted by molar-refractivity contribution is -0.116. The smallest absolute Gasteiger partial charge is 0.267 e. The van der Waals surface area contributed by atoms with Crippen molar-refractivity contribution in [3.63, 3.8) is 0 Å². The molecular weight excluding hydrogens is 400 g/mol. The third-order valence-electron chi connectivity index (χ3n) is 4.10. The fourth-order valence-electron chi connectivity index (χ4n) is 2.74. The van der Waals surface area contributed by atoms with E-state index in [1.807, 2.05) is 0 Å². The van der Waals surface area contributed by atoms with Gasteiger partial charge in [-0.15, -0.1) is 0 Å². The standard InChI is InChI=1S/C20H17F2N3O3S/c1-12(26)8-16-9-14(6-7-23-16)15-10-19(13(2)24-11-15)25-29(27,28)20-17(21)4-3-5-18(20)22/h3-7,9-11,25H,8H2,1-2H3. The number of rotatable bonds is 6. The second-order valence-corrected chi connectivity index (χ2v) is 8.05. The van der Waals surface area contributed by atoms with Crippen LogP contribution in [-0.4, -0.2) is 24.2 Å². The number of pyridine rings is 2. The van der Waals surface area contributed by atoms with Crippen LogP contribution in [0.3, 0.4) is 0 Å². The minimum absolute atomic E-state index is 0.0444. The third-order valence-corrected chi connectivity index (χ3v) is 5.51. The topological polar surface area (TPSA) is 89.0 Å².